The van der Waals surface area contributed by atoms with E-state index in [-0.39, 0.29) is 0 Å². The summed E-state index contributed by atoms with van der Waals surface area (Å²) in [5.41, 5.74) is 0. The van der Waals surface area contributed by atoms with Crippen molar-refractivity contribution >= 4 is 0 Å². The summed E-state index contributed by atoms with van der Waals surface area (Å²) in [6, 6.07) is 0.623. The van der Waals surface area contributed by atoms with Gasteiger partial charge in [-0.1, -0.05) is 13.8 Å². The Bertz CT molecular complexity index is 151. The summed E-state index contributed by atoms with van der Waals surface area (Å²) in [6.07, 6.45) is 3.57. The fourth-order valence-corrected chi connectivity index (χ4v) is 1.82. The van der Waals surface area contributed by atoms with E-state index in [0.29, 0.717) is 12.0 Å². The second kappa shape index (κ2) is 10.1. The molecule has 0 saturated carbocycles. The summed E-state index contributed by atoms with van der Waals surface area (Å²) in [5.74, 6) is 0.687. The lowest BCUT2D eigenvalue weighted by atomic mass is 9.95. The second-order valence-electron chi connectivity index (χ2n) is 4.91. The van der Waals surface area contributed by atoms with Gasteiger partial charge in [0.1, 0.15) is 0 Å². The Morgan fingerprint density at radius 3 is 2.44 bits per heavy atom. The van der Waals surface area contributed by atoms with Crippen molar-refractivity contribution in [2.45, 2.75) is 39.2 Å². The van der Waals surface area contributed by atoms with Crippen LogP contribution < -0.4 is 5.32 Å². The normalized spacial score (nSPS) is 15.4. The summed E-state index contributed by atoms with van der Waals surface area (Å²) in [7, 11) is 6.05. The van der Waals surface area contributed by atoms with Gasteiger partial charge in [0.2, 0.25) is 0 Å². The highest BCUT2D eigenvalue weighted by Crippen LogP contribution is 2.12. The van der Waals surface area contributed by atoms with Crippen molar-refractivity contribution in [2.24, 2.45) is 5.92 Å². The molecule has 3 heteroatoms. The lowest BCUT2D eigenvalue weighted by Gasteiger charge is -2.26. The third kappa shape index (κ3) is 8.08. The van der Waals surface area contributed by atoms with Gasteiger partial charge in [0, 0.05) is 19.8 Å². The SMILES string of the molecule is CCCNC(CCN(C)C)C(C)CCOC. The molecule has 0 aromatic carbocycles. The zero-order chi connectivity index (χ0) is 12.4. The molecule has 0 amide bonds. The van der Waals surface area contributed by atoms with Gasteiger partial charge in [-0.2, -0.15) is 0 Å². The van der Waals surface area contributed by atoms with Gasteiger partial charge in [0.05, 0.1) is 0 Å². The van der Waals surface area contributed by atoms with Crippen LogP contribution in [-0.2, 0) is 4.74 Å². The highest BCUT2D eigenvalue weighted by Gasteiger charge is 2.16. The molecule has 0 aliphatic rings. The van der Waals surface area contributed by atoms with Crippen LogP contribution >= 0.6 is 0 Å². The lowest BCUT2D eigenvalue weighted by Crippen LogP contribution is -2.38. The van der Waals surface area contributed by atoms with Gasteiger partial charge >= 0.3 is 0 Å². The number of nitrogens with one attached hydrogen (secondary N) is 1. The monoisotopic (exact) mass is 230 g/mol. The largest absolute Gasteiger partial charge is 0.385 e. The maximum atomic E-state index is 5.15. The van der Waals surface area contributed by atoms with Crippen molar-refractivity contribution in [3.63, 3.8) is 0 Å². The molecule has 0 saturated heterocycles. The first-order valence-electron chi connectivity index (χ1n) is 6.48. The molecule has 0 heterocycles. The summed E-state index contributed by atoms with van der Waals surface area (Å²) in [4.78, 5) is 2.25. The Hall–Kier alpha value is -0.120. The number of nitrogens with zero attached hydrogens (tertiary/aromatic N) is 1. The number of hydrogen-bond donors (Lipinski definition) is 1. The molecule has 1 N–H and O–H groups in total. The van der Waals surface area contributed by atoms with E-state index in [4.69, 9.17) is 4.74 Å². The molecule has 0 spiro atoms. The fraction of sp³-hybridized carbons (Fsp3) is 1.00. The van der Waals surface area contributed by atoms with E-state index in [1.54, 1.807) is 7.11 Å². The average Bonchev–Trinajstić information content (AvgIpc) is 2.25. The van der Waals surface area contributed by atoms with Gasteiger partial charge < -0.3 is 15.0 Å². The van der Waals surface area contributed by atoms with Crippen LogP contribution in [0.3, 0.4) is 0 Å². The molecule has 0 bridgehead atoms. The predicted molar refractivity (Wildman–Crippen MR) is 70.9 cm³/mol. The van der Waals surface area contributed by atoms with E-state index < -0.39 is 0 Å². The minimum Gasteiger partial charge on any atom is -0.385 e. The van der Waals surface area contributed by atoms with Crippen LogP contribution in [0.25, 0.3) is 0 Å². The number of rotatable bonds is 10. The first kappa shape index (κ1) is 15.9. The maximum Gasteiger partial charge on any atom is 0.0465 e. The van der Waals surface area contributed by atoms with E-state index in [9.17, 15) is 0 Å². The van der Waals surface area contributed by atoms with E-state index in [1.807, 2.05) is 0 Å². The minimum absolute atomic E-state index is 0.623. The van der Waals surface area contributed by atoms with Gasteiger partial charge in [-0.05, 0) is 52.4 Å². The van der Waals surface area contributed by atoms with E-state index >= 15 is 0 Å². The molecule has 16 heavy (non-hydrogen) atoms. The third-order valence-electron chi connectivity index (χ3n) is 3.01. The van der Waals surface area contributed by atoms with Crippen molar-refractivity contribution in [2.75, 3.05) is 40.9 Å². The maximum absolute atomic E-state index is 5.15. The van der Waals surface area contributed by atoms with Crippen LogP contribution in [0, 0.1) is 5.92 Å². The van der Waals surface area contributed by atoms with Crippen LogP contribution in [0.2, 0.25) is 0 Å². The molecule has 0 aliphatic carbocycles. The smallest absolute Gasteiger partial charge is 0.0465 e. The van der Waals surface area contributed by atoms with Gasteiger partial charge in [-0.25, -0.2) is 0 Å². The van der Waals surface area contributed by atoms with Crippen molar-refractivity contribution in [3.05, 3.63) is 0 Å². The van der Waals surface area contributed by atoms with E-state index in [0.717, 1.165) is 26.1 Å². The van der Waals surface area contributed by atoms with Crippen molar-refractivity contribution in [3.8, 4) is 0 Å². The highest BCUT2D eigenvalue weighted by molar-refractivity contribution is 4.74. The highest BCUT2D eigenvalue weighted by atomic mass is 16.5. The lowest BCUT2D eigenvalue weighted by molar-refractivity contribution is 0.166. The van der Waals surface area contributed by atoms with Crippen LogP contribution in [-0.4, -0.2) is 51.8 Å². The predicted octanol–water partition coefficient (Wildman–Crippen LogP) is 1.98. The number of hydrogen-bond acceptors (Lipinski definition) is 3. The Labute approximate surface area is 102 Å². The summed E-state index contributed by atoms with van der Waals surface area (Å²) in [6.45, 7) is 7.68. The summed E-state index contributed by atoms with van der Waals surface area (Å²) in [5, 5.41) is 3.65. The van der Waals surface area contributed by atoms with E-state index in [1.165, 1.54) is 12.8 Å². The molecular weight excluding hydrogens is 200 g/mol. The molecule has 3 nitrogen and oxygen atoms in total. The standard InChI is InChI=1S/C13H30N2O/c1-6-9-14-13(7-10-15(3)4)12(2)8-11-16-5/h12-14H,6-11H2,1-5H3. The zero-order valence-corrected chi connectivity index (χ0v) is 11.8. The Kier molecular flexibility index (Phi) is 9.99. The van der Waals surface area contributed by atoms with Crippen molar-refractivity contribution in [1.29, 1.82) is 0 Å². The first-order chi connectivity index (χ1) is 7.61. The number of methoxy groups -OCH3 is 1. The minimum atomic E-state index is 0.623. The topological polar surface area (TPSA) is 24.5 Å². The van der Waals surface area contributed by atoms with Gasteiger partial charge in [0.25, 0.3) is 0 Å². The molecule has 98 valence electrons. The molecule has 0 radical (unpaired) electrons. The third-order valence-corrected chi connectivity index (χ3v) is 3.01. The molecule has 2 unspecified atom stereocenters. The van der Waals surface area contributed by atoms with E-state index in [2.05, 4.69) is 38.2 Å². The average molecular weight is 230 g/mol. The van der Waals surface area contributed by atoms with Crippen LogP contribution in [0.4, 0.5) is 0 Å². The summed E-state index contributed by atoms with van der Waals surface area (Å²) >= 11 is 0. The van der Waals surface area contributed by atoms with Crippen molar-refractivity contribution in [1.82, 2.24) is 10.2 Å². The van der Waals surface area contributed by atoms with Crippen LogP contribution in [0.15, 0.2) is 0 Å². The van der Waals surface area contributed by atoms with Crippen LogP contribution in [0.5, 0.6) is 0 Å². The van der Waals surface area contributed by atoms with Crippen molar-refractivity contribution < 1.29 is 4.74 Å². The Morgan fingerprint density at radius 2 is 1.94 bits per heavy atom. The quantitative estimate of drug-likeness (QED) is 0.621. The molecule has 0 aromatic rings. The number of ether oxygens (including phenoxy) is 1. The fourth-order valence-electron chi connectivity index (χ4n) is 1.82. The first-order valence-corrected chi connectivity index (χ1v) is 6.48. The Balaban J connectivity index is 3.95. The molecule has 0 fully saturated rings. The second-order valence-corrected chi connectivity index (χ2v) is 4.91. The molecule has 2 atom stereocenters. The summed E-state index contributed by atoms with van der Waals surface area (Å²) < 4.78 is 5.15. The molecule has 0 aliphatic heterocycles. The van der Waals surface area contributed by atoms with Gasteiger partial charge in [-0.3, -0.25) is 0 Å². The molecule has 0 rings (SSSR count). The van der Waals surface area contributed by atoms with Gasteiger partial charge in [-0.15, -0.1) is 0 Å². The molecular formula is C13H30N2O. The Morgan fingerprint density at radius 1 is 1.25 bits per heavy atom. The molecule has 0 aromatic heterocycles. The van der Waals surface area contributed by atoms with Crippen LogP contribution in [0.1, 0.15) is 33.1 Å². The zero-order valence-electron chi connectivity index (χ0n) is 11.8. The van der Waals surface area contributed by atoms with Gasteiger partial charge in [0.15, 0.2) is 0 Å².